The van der Waals surface area contributed by atoms with Crippen LogP contribution in [-0.2, 0) is 11.3 Å². The van der Waals surface area contributed by atoms with Crippen LogP contribution >= 0.6 is 0 Å². The van der Waals surface area contributed by atoms with Gasteiger partial charge >= 0.3 is 0 Å². The lowest BCUT2D eigenvalue weighted by molar-refractivity contribution is 0.128. The average Bonchev–Trinajstić information content (AvgIpc) is 2.19. The van der Waals surface area contributed by atoms with Crippen molar-refractivity contribution in [2.24, 2.45) is 5.73 Å². The predicted octanol–water partition coefficient (Wildman–Crippen LogP) is 1.23. The number of hydrogen-bond acceptors (Lipinski definition) is 3. The first-order chi connectivity index (χ1) is 6.74. The van der Waals surface area contributed by atoms with Gasteiger partial charge in [-0.05, 0) is 17.7 Å². The van der Waals surface area contributed by atoms with Crippen LogP contribution in [0.15, 0.2) is 24.3 Å². The normalized spacial score (nSPS) is 10.2. The second-order valence-corrected chi connectivity index (χ2v) is 3.41. The van der Waals surface area contributed by atoms with E-state index in [1.165, 1.54) is 11.3 Å². The molecule has 1 aromatic rings. The smallest absolute Gasteiger partial charge is 0.0718 e. The summed E-state index contributed by atoms with van der Waals surface area (Å²) in [6.45, 7) is 1.83. The Balaban J connectivity index is 2.55. The van der Waals surface area contributed by atoms with Crippen LogP contribution in [0.3, 0.4) is 0 Å². The minimum atomic E-state index is 0.577. The first-order valence-corrected chi connectivity index (χ1v) is 4.78. The standard InChI is InChI=1S/C11H18N2O/c1-13(2)11-5-3-4-10(8-11)9-14-7-6-12/h3-5,8H,6-7,9,12H2,1-2H3. The van der Waals surface area contributed by atoms with Crippen molar-refractivity contribution < 1.29 is 4.74 Å². The summed E-state index contributed by atoms with van der Waals surface area (Å²) >= 11 is 0. The highest BCUT2D eigenvalue weighted by Gasteiger charge is 1.97. The van der Waals surface area contributed by atoms with Gasteiger partial charge in [-0.25, -0.2) is 0 Å². The molecule has 14 heavy (non-hydrogen) atoms. The molecule has 0 atom stereocenters. The highest BCUT2D eigenvalue weighted by atomic mass is 16.5. The number of benzene rings is 1. The summed E-state index contributed by atoms with van der Waals surface area (Å²) in [6, 6.07) is 8.29. The third-order valence-corrected chi connectivity index (χ3v) is 1.96. The van der Waals surface area contributed by atoms with E-state index >= 15 is 0 Å². The average molecular weight is 194 g/mol. The molecule has 0 unspecified atom stereocenters. The third-order valence-electron chi connectivity index (χ3n) is 1.96. The van der Waals surface area contributed by atoms with Crippen molar-refractivity contribution in [3.63, 3.8) is 0 Å². The molecule has 0 saturated carbocycles. The van der Waals surface area contributed by atoms with Gasteiger partial charge in [-0.2, -0.15) is 0 Å². The SMILES string of the molecule is CN(C)c1cccc(COCCN)c1. The highest BCUT2D eigenvalue weighted by molar-refractivity contribution is 5.46. The maximum atomic E-state index is 5.36. The Hall–Kier alpha value is -1.06. The van der Waals surface area contributed by atoms with Crippen molar-refractivity contribution in [2.45, 2.75) is 6.61 Å². The van der Waals surface area contributed by atoms with E-state index in [4.69, 9.17) is 10.5 Å². The zero-order chi connectivity index (χ0) is 10.4. The van der Waals surface area contributed by atoms with Crippen LogP contribution in [0.4, 0.5) is 5.69 Å². The minimum Gasteiger partial charge on any atom is -0.378 e. The molecular weight excluding hydrogens is 176 g/mol. The Kier molecular flexibility index (Phi) is 4.43. The summed E-state index contributed by atoms with van der Waals surface area (Å²) in [6.07, 6.45) is 0. The van der Waals surface area contributed by atoms with Crippen molar-refractivity contribution >= 4 is 5.69 Å². The predicted molar refractivity (Wildman–Crippen MR) is 59.5 cm³/mol. The van der Waals surface area contributed by atoms with E-state index in [2.05, 4.69) is 23.1 Å². The Bertz CT molecular complexity index is 274. The fourth-order valence-corrected chi connectivity index (χ4v) is 1.20. The van der Waals surface area contributed by atoms with E-state index in [1.54, 1.807) is 0 Å². The molecule has 0 radical (unpaired) electrons. The number of anilines is 1. The molecule has 0 aliphatic carbocycles. The van der Waals surface area contributed by atoms with E-state index < -0.39 is 0 Å². The van der Waals surface area contributed by atoms with Gasteiger partial charge in [0.15, 0.2) is 0 Å². The molecule has 0 aromatic heterocycles. The van der Waals surface area contributed by atoms with Crippen molar-refractivity contribution in [3.05, 3.63) is 29.8 Å². The monoisotopic (exact) mass is 194 g/mol. The first-order valence-electron chi connectivity index (χ1n) is 4.78. The third kappa shape index (κ3) is 3.36. The molecular formula is C11H18N2O. The van der Waals surface area contributed by atoms with E-state index in [0.717, 1.165) is 0 Å². The fourth-order valence-electron chi connectivity index (χ4n) is 1.20. The minimum absolute atomic E-state index is 0.577. The van der Waals surface area contributed by atoms with Crippen molar-refractivity contribution in [2.75, 3.05) is 32.1 Å². The van der Waals surface area contributed by atoms with Crippen molar-refractivity contribution in [1.29, 1.82) is 0 Å². The fraction of sp³-hybridized carbons (Fsp3) is 0.455. The molecule has 3 heteroatoms. The maximum Gasteiger partial charge on any atom is 0.0718 e. The zero-order valence-corrected chi connectivity index (χ0v) is 8.86. The first kappa shape index (κ1) is 11.0. The number of nitrogens with two attached hydrogens (primary N) is 1. The van der Waals surface area contributed by atoms with Crippen molar-refractivity contribution in [3.8, 4) is 0 Å². The molecule has 3 nitrogen and oxygen atoms in total. The summed E-state index contributed by atoms with van der Waals surface area (Å²) in [5.41, 5.74) is 7.72. The van der Waals surface area contributed by atoms with E-state index in [1.807, 2.05) is 20.2 Å². The van der Waals surface area contributed by atoms with Gasteiger partial charge in [0.2, 0.25) is 0 Å². The molecule has 0 bridgehead atoms. The van der Waals surface area contributed by atoms with E-state index in [0.29, 0.717) is 19.8 Å². The van der Waals surface area contributed by atoms with Crippen molar-refractivity contribution in [1.82, 2.24) is 0 Å². The molecule has 0 heterocycles. The molecule has 2 N–H and O–H groups in total. The largest absolute Gasteiger partial charge is 0.378 e. The number of rotatable bonds is 5. The van der Waals surface area contributed by atoms with Gasteiger partial charge in [-0.3, -0.25) is 0 Å². The maximum absolute atomic E-state index is 5.36. The topological polar surface area (TPSA) is 38.5 Å². The Morgan fingerprint density at radius 2 is 2.14 bits per heavy atom. The molecule has 0 fully saturated rings. The molecule has 1 rings (SSSR count). The molecule has 1 aromatic carbocycles. The van der Waals surface area contributed by atoms with Crippen LogP contribution in [0, 0.1) is 0 Å². The highest BCUT2D eigenvalue weighted by Crippen LogP contribution is 2.13. The summed E-state index contributed by atoms with van der Waals surface area (Å²) in [7, 11) is 4.06. The second kappa shape index (κ2) is 5.62. The van der Waals surface area contributed by atoms with Crippen LogP contribution in [0.5, 0.6) is 0 Å². The summed E-state index contributed by atoms with van der Waals surface area (Å²) in [5, 5.41) is 0. The van der Waals surface area contributed by atoms with Gasteiger partial charge in [-0.15, -0.1) is 0 Å². The summed E-state index contributed by atoms with van der Waals surface area (Å²) in [4.78, 5) is 2.08. The van der Waals surface area contributed by atoms with Crippen LogP contribution in [0.1, 0.15) is 5.56 Å². The Morgan fingerprint density at radius 1 is 1.36 bits per heavy atom. The van der Waals surface area contributed by atoms with Crippen LogP contribution < -0.4 is 10.6 Å². The van der Waals surface area contributed by atoms with Gasteiger partial charge in [-0.1, -0.05) is 12.1 Å². The molecule has 0 spiro atoms. The molecule has 0 aliphatic rings. The quantitative estimate of drug-likeness (QED) is 0.716. The molecule has 0 aliphatic heterocycles. The molecule has 0 amide bonds. The Morgan fingerprint density at radius 3 is 2.79 bits per heavy atom. The van der Waals surface area contributed by atoms with Gasteiger partial charge < -0.3 is 15.4 Å². The number of ether oxygens (including phenoxy) is 1. The summed E-state index contributed by atoms with van der Waals surface area (Å²) < 4.78 is 5.36. The lowest BCUT2D eigenvalue weighted by Gasteiger charge is -2.13. The van der Waals surface area contributed by atoms with Gasteiger partial charge in [0, 0.05) is 26.3 Å². The van der Waals surface area contributed by atoms with Gasteiger partial charge in [0.25, 0.3) is 0 Å². The van der Waals surface area contributed by atoms with Crippen LogP contribution in [-0.4, -0.2) is 27.2 Å². The molecule has 0 saturated heterocycles. The number of hydrogen-bond donors (Lipinski definition) is 1. The zero-order valence-electron chi connectivity index (χ0n) is 8.86. The second-order valence-electron chi connectivity index (χ2n) is 3.41. The van der Waals surface area contributed by atoms with Crippen LogP contribution in [0.2, 0.25) is 0 Å². The van der Waals surface area contributed by atoms with E-state index in [9.17, 15) is 0 Å². The Labute approximate surface area is 85.5 Å². The van der Waals surface area contributed by atoms with E-state index in [-0.39, 0.29) is 0 Å². The summed E-state index contributed by atoms with van der Waals surface area (Å²) in [5.74, 6) is 0. The number of nitrogens with zero attached hydrogens (tertiary/aromatic N) is 1. The van der Waals surface area contributed by atoms with Gasteiger partial charge in [0.05, 0.1) is 13.2 Å². The van der Waals surface area contributed by atoms with Crippen LogP contribution in [0.25, 0.3) is 0 Å². The lowest BCUT2D eigenvalue weighted by atomic mass is 10.2. The van der Waals surface area contributed by atoms with Gasteiger partial charge in [0.1, 0.15) is 0 Å². The molecule has 78 valence electrons. The lowest BCUT2D eigenvalue weighted by Crippen LogP contribution is -2.10.